The van der Waals surface area contributed by atoms with Gasteiger partial charge in [-0.05, 0) is 67.3 Å². The van der Waals surface area contributed by atoms with E-state index < -0.39 is 0 Å². The lowest BCUT2D eigenvalue weighted by Crippen LogP contribution is -2.03. The van der Waals surface area contributed by atoms with E-state index in [0.29, 0.717) is 0 Å². The lowest BCUT2D eigenvalue weighted by molar-refractivity contribution is 0.258. The van der Waals surface area contributed by atoms with Crippen molar-refractivity contribution in [3.63, 3.8) is 0 Å². The van der Waals surface area contributed by atoms with E-state index in [1.54, 1.807) is 0 Å². The third-order valence-electron chi connectivity index (χ3n) is 7.94. The molecule has 0 unspecified atom stereocenters. The molecule has 0 bridgehead atoms. The Labute approximate surface area is 265 Å². The summed E-state index contributed by atoms with van der Waals surface area (Å²) >= 11 is 0. The quantitative estimate of drug-likeness (QED) is 0.0727. The minimum Gasteiger partial charge on any atom is -0.494 e. The summed E-state index contributed by atoms with van der Waals surface area (Å²) in [6, 6.07) is 14.2. The van der Waals surface area contributed by atoms with Crippen molar-refractivity contribution in [3.8, 4) is 17.2 Å². The molecule has 2 aromatic rings. The smallest absolute Gasteiger partial charge is 0.161 e. The molecule has 4 nitrogen and oxygen atoms in total. The predicted octanol–water partition coefficient (Wildman–Crippen LogP) is 12.4. The van der Waals surface area contributed by atoms with Gasteiger partial charge in [0, 0.05) is 6.21 Å². The summed E-state index contributed by atoms with van der Waals surface area (Å²) in [7, 11) is 0. The highest BCUT2D eigenvalue weighted by molar-refractivity contribution is 5.83. The number of rotatable bonds is 28. The van der Waals surface area contributed by atoms with E-state index in [1.807, 2.05) is 36.5 Å². The standard InChI is InChI=1S/C39H63NO3/c1-4-7-10-13-15-17-19-22-31-42-38-29-24-35(33-39(38)43-32-23-20-18-16-14-11-8-5-2)34-40-36-25-27-37(28-26-36)41-30-21-12-9-6-3/h24-29,33-34H,4-23,30-32H2,1-3H3. The Hall–Kier alpha value is -2.49. The normalized spacial score (nSPS) is 11.3. The van der Waals surface area contributed by atoms with Crippen molar-refractivity contribution in [1.82, 2.24) is 0 Å². The maximum atomic E-state index is 6.28. The maximum absolute atomic E-state index is 6.28. The average Bonchev–Trinajstić information content (AvgIpc) is 3.03. The van der Waals surface area contributed by atoms with Crippen LogP contribution >= 0.6 is 0 Å². The molecule has 0 atom stereocenters. The van der Waals surface area contributed by atoms with Gasteiger partial charge < -0.3 is 14.2 Å². The van der Waals surface area contributed by atoms with Crippen molar-refractivity contribution in [2.75, 3.05) is 19.8 Å². The molecule has 4 heteroatoms. The van der Waals surface area contributed by atoms with Crippen molar-refractivity contribution in [1.29, 1.82) is 0 Å². The Bertz CT molecular complexity index is 940. The SMILES string of the molecule is CCCCCCCCCCOc1ccc(C=Nc2ccc(OCCCCCC)cc2)cc1OCCCCCCCCCC. The molecule has 0 fully saturated rings. The summed E-state index contributed by atoms with van der Waals surface area (Å²) in [6.45, 7) is 9.02. The van der Waals surface area contributed by atoms with Gasteiger partial charge in [-0.2, -0.15) is 0 Å². The van der Waals surface area contributed by atoms with Gasteiger partial charge in [-0.1, -0.05) is 130 Å². The van der Waals surface area contributed by atoms with Gasteiger partial charge in [0.05, 0.1) is 25.5 Å². The molecule has 0 aromatic heterocycles. The van der Waals surface area contributed by atoms with Crippen LogP contribution in [0.3, 0.4) is 0 Å². The lowest BCUT2D eigenvalue weighted by atomic mass is 10.1. The van der Waals surface area contributed by atoms with Crippen LogP contribution in [0, 0.1) is 0 Å². The highest BCUT2D eigenvalue weighted by atomic mass is 16.5. The zero-order valence-electron chi connectivity index (χ0n) is 28.1. The van der Waals surface area contributed by atoms with Crippen molar-refractivity contribution in [2.24, 2.45) is 4.99 Å². The minimum atomic E-state index is 0.726. The van der Waals surface area contributed by atoms with Crippen LogP contribution in [-0.4, -0.2) is 26.0 Å². The number of hydrogen-bond donors (Lipinski definition) is 0. The summed E-state index contributed by atoms with van der Waals surface area (Å²) in [5.41, 5.74) is 1.93. The molecule has 2 rings (SSSR count). The second-order valence-corrected chi connectivity index (χ2v) is 12.0. The van der Waals surface area contributed by atoms with Crippen LogP contribution < -0.4 is 14.2 Å². The Balaban J connectivity index is 1.86. The summed E-state index contributed by atoms with van der Waals surface area (Å²) in [5.74, 6) is 2.59. The summed E-state index contributed by atoms with van der Waals surface area (Å²) in [5, 5.41) is 0. The van der Waals surface area contributed by atoms with Crippen molar-refractivity contribution >= 4 is 11.9 Å². The molecule has 0 aliphatic rings. The number of benzene rings is 2. The molecule has 0 N–H and O–H groups in total. The largest absolute Gasteiger partial charge is 0.494 e. The molecule has 43 heavy (non-hydrogen) atoms. The number of nitrogens with zero attached hydrogens (tertiary/aromatic N) is 1. The van der Waals surface area contributed by atoms with Gasteiger partial charge in [-0.3, -0.25) is 4.99 Å². The fourth-order valence-electron chi connectivity index (χ4n) is 5.17. The first-order chi connectivity index (χ1) is 21.3. The fourth-order valence-corrected chi connectivity index (χ4v) is 5.17. The molecular weight excluding hydrogens is 530 g/mol. The van der Waals surface area contributed by atoms with Gasteiger partial charge in [0.2, 0.25) is 0 Å². The van der Waals surface area contributed by atoms with Gasteiger partial charge in [-0.25, -0.2) is 0 Å². The molecule has 0 heterocycles. The van der Waals surface area contributed by atoms with Crippen molar-refractivity contribution in [2.45, 2.75) is 149 Å². The Kier molecular flexibility index (Phi) is 22.2. The zero-order valence-corrected chi connectivity index (χ0v) is 28.1. The molecule has 242 valence electrons. The number of ether oxygens (including phenoxy) is 3. The van der Waals surface area contributed by atoms with E-state index in [-0.39, 0.29) is 0 Å². The molecule has 0 spiro atoms. The molecule has 0 amide bonds. The van der Waals surface area contributed by atoms with E-state index >= 15 is 0 Å². The third kappa shape index (κ3) is 18.7. The van der Waals surface area contributed by atoms with Gasteiger partial charge in [0.25, 0.3) is 0 Å². The van der Waals surface area contributed by atoms with Gasteiger partial charge in [0.1, 0.15) is 5.75 Å². The number of hydrogen-bond acceptors (Lipinski definition) is 4. The van der Waals surface area contributed by atoms with Crippen LogP contribution in [0.15, 0.2) is 47.5 Å². The van der Waals surface area contributed by atoms with Gasteiger partial charge >= 0.3 is 0 Å². The van der Waals surface area contributed by atoms with Crippen molar-refractivity contribution < 1.29 is 14.2 Å². The van der Waals surface area contributed by atoms with Crippen LogP contribution in [-0.2, 0) is 0 Å². The number of aliphatic imine (C=N–C) groups is 1. The zero-order chi connectivity index (χ0) is 30.6. The van der Waals surface area contributed by atoms with Crippen LogP contribution in [0.5, 0.6) is 17.2 Å². The predicted molar refractivity (Wildman–Crippen MR) is 186 cm³/mol. The first-order valence-corrected chi connectivity index (χ1v) is 17.9. The van der Waals surface area contributed by atoms with E-state index in [1.165, 1.54) is 109 Å². The van der Waals surface area contributed by atoms with Gasteiger partial charge in [0.15, 0.2) is 11.5 Å². The highest BCUT2D eigenvalue weighted by Gasteiger charge is 2.07. The van der Waals surface area contributed by atoms with Crippen LogP contribution in [0.2, 0.25) is 0 Å². The maximum Gasteiger partial charge on any atom is 0.161 e. The molecule has 0 radical (unpaired) electrons. The van der Waals surface area contributed by atoms with Gasteiger partial charge in [-0.15, -0.1) is 0 Å². The second-order valence-electron chi connectivity index (χ2n) is 12.0. The number of unbranched alkanes of at least 4 members (excludes halogenated alkanes) is 17. The Morgan fingerprint density at radius 3 is 1.44 bits per heavy atom. The highest BCUT2D eigenvalue weighted by Crippen LogP contribution is 2.29. The van der Waals surface area contributed by atoms with Crippen LogP contribution in [0.25, 0.3) is 0 Å². The molecule has 2 aromatic carbocycles. The monoisotopic (exact) mass is 593 g/mol. The molecule has 0 aliphatic heterocycles. The minimum absolute atomic E-state index is 0.726. The van der Waals surface area contributed by atoms with E-state index in [9.17, 15) is 0 Å². The van der Waals surface area contributed by atoms with E-state index in [2.05, 4.69) is 32.9 Å². The van der Waals surface area contributed by atoms with Crippen LogP contribution in [0.4, 0.5) is 5.69 Å². The van der Waals surface area contributed by atoms with E-state index in [0.717, 1.165) is 67.6 Å². The fraction of sp³-hybridized carbons (Fsp3) is 0.667. The topological polar surface area (TPSA) is 40.0 Å². The summed E-state index contributed by atoms with van der Waals surface area (Å²) in [6.07, 6.45) is 27.5. The van der Waals surface area contributed by atoms with E-state index in [4.69, 9.17) is 19.2 Å². The third-order valence-corrected chi connectivity index (χ3v) is 7.94. The summed E-state index contributed by atoms with van der Waals surface area (Å²) in [4.78, 5) is 4.71. The lowest BCUT2D eigenvalue weighted by Gasteiger charge is -2.14. The molecule has 0 saturated heterocycles. The molecule has 0 saturated carbocycles. The average molecular weight is 594 g/mol. The Morgan fingerprint density at radius 2 is 0.907 bits per heavy atom. The molecular formula is C39H63NO3. The Morgan fingerprint density at radius 1 is 0.465 bits per heavy atom. The second kappa shape index (κ2) is 26.0. The summed E-state index contributed by atoms with van der Waals surface area (Å²) < 4.78 is 18.4. The van der Waals surface area contributed by atoms with Crippen LogP contribution in [0.1, 0.15) is 155 Å². The molecule has 0 aliphatic carbocycles. The first kappa shape index (κ1) is 36.7. The first-order valence-electron chi connectivity index (χ1n) is 17.9. The van der Waals surface area contributed by atoms with Crippen molar-refractivity contribution in [3.05, 3.63) is 48.0 Å².